The van der Waals surface area contributed by atoms with Crippen LogP contribution in [0, 0.1) is 0 Å². The Labute approximate surface area is 101 Å². The monoisotopic (exact) mass is 237 g/mol. The number of rotatable bonds is 2. The van der Waals surface area contributed by atoms with Crippen LogP contribution in [-0.2, 0) is 4.74 Å². The summed E-state index contributed by atoms with van der Waals surface area (Å²) in [6, 6.07) is 0.428. The highest BCUT2D eigenvalue weighted by Crippen LogP contribution is 2.24. The molecule has 0 atom stereocenters. The molecule has 0 bridgehead atoms. The molecule has 2 aliphatic rings. The van der Waals surface area contributed by atoms with Gasteiger partial charge in [-0.2, -0.15) is 4.80 Å². The molecule has 0 saturated carbocycles. The molecule has 0 radical (unpaired) electrons. The zero-order valence-corrected chi connectivity index (χ0v) is 10.0. The first-order chi connectivity index (χ1) is 8.43. The summed E-state index contributed by atoms with van der Waals surface area (Å²) in [5, 5.41) is 16.4. The van der Waals surface area contributed by atoms with Crippen LogP contribution >= 0.6 is 0 Å². The molecule has 0 aromatic carbocycles. The minimum Gasteiger partial charge on any atom is -0.381 e. The van der Waals surface area contributed by atoms with Gasteiger partial charge in [-0.05, 0) is 44.0 Å². The van der Waals surface area contributed by atoms with Crippen LogP contribution in [0.5, 0.6) is 0 Å². The highest BCUT2D eigenvalue weighted by Gasteiger charge is 2.23. The lowest BCUT2D eigenvalue weighted by atomic mass is 10.00. The number of aromatic nitrogens is 4. The van der Waals surface area contributed by atoms with Crippen molar-refractivity contribution in [3.63, 3.8) is 0 Å². The van der Waals surface area contributed by atoms with E-state index >= 15 is 0 Å². The largest absolute Gasteiger partial charge is 0.381 e. The Kier molecular flexibility index (Phi) is 3.33. The maximum absolute atomic E-state index is 5.35. The number of nitrogens with one attached hydrogen (secondary N) is 1. The van der Waals surface area contributed by atoms with Crippen LogP contribution in [0.4, 0.5) is 0 Å². The second-order valence-electron chi connectivity index (χ2n) is 4.84. The van der Waals surface area contributed by atoms with Crippen molar-refractivity contribution >= 4 is 0 Å². The van der Waals surface area contributed by atoms with Gasteiger partial charge in [-0.1, -0.05) is 0 Å². The molecule has 94 valence electrons. The third kappa shape index (κ3) is 2.47. The molecule has 2 fully saturated rings. The van der Waals surface area contributed by atoms with Crippen LogP contribution in [0.25, 0.3) is 0 Å². The second kappa shape index (κ2) is 5.10. The van der Waals surface area contributed by atoms with Crippen LogP contribution in [0.2, 0.25) is 0 Å². The Balaban J connectivity index is 1.68. The number of tetrazole rings is 1. The third-order valence-corrected chi connectivity index (χ3v) is 3.67. The van der Waals surface area contributed by atoms with Gasteiger partial charge >= 0.3 is 0 Å². The van der Waals surface area contributed by atoms with E-state index < -0.39 is 0 Å². The van der Waals surface area contributed by atoms with E-state index in [-0.39, 0.29) is 0 Å². The molecule has 0 unspecified atom stereocenters. The summed E-state index contributed by atoms with van der Waals surface area (Å²) in [5.41, 5.74) is 0. The molecule has 0 amide bonds. The molecular weight excluding hydrogens is 218 g/mol. The van der Waals surface area contributed by atoms with Gasteiger partial charge < -0.3 is 10.1 Å². The lowest BCUT2D eigenvalue weighted by Gasteiger charge is -2.21. The highest BCUT2D eigenvalue weighted by atomic mass is 16.5. The third-order valence-electron chi connectivity index (χ3n) is 3.67. The molecule has 1 aromatic heterocycles. The molecule has 0 spiro atoms. The molecule has 3 rings (SSSR count). The fourth-order valence-corrected chi connectivity index (χ4v) is 2.55. The SMILES string of the molecule is C1CC(n2nnc(C3CCOCC3)n2)CCN1. The normalized spacial score (nSPS) is 24.0. The summed E-state index contributed by atoms with van der Waals surface area (Å²) in [7, 11) is 0. The Morgan fingerprint density at radius 1 is 1.12 bits per heavy atom. The zero-order chi connectivity index (χ0) is 11.5. The van der Waals surface area contributed by atoms with E-state index in [9.17, 15) is 0 Å². The van der Waals surface area contributed by atoms with Gasteiger partial charge in [0, 0.05) is 19.1 Å². The number of hydrogen-bond acceptors (Lipinski definition) is 5. The molecule has 0 aliphatic carbocycles. The molecule has 3 heterocycles. The fourth-order valence-electron chi connectivity index (χ4n) is 2.55. The first-order valence-electron chi connectivity index (χ1n) is 6.51. The summed E-state index contributed by atoms with van der Waals surface area (Å²) in [6.07, 6.45) is 4.25. The van der Waals surface area contributed by atoms with E-state index in [1.807, 2.05) is 4.80 Å². The molecular formula is C11H19N5O. The molecule has 2 saturated heterocycles. The summed E-state index contributed by atoms with van der Waals surface area (Å²) < 4.78 is 5.35. The van der Waals surface area contributed by atoms with Gasteiger partial charge in [-0.15, -0.1) is 10.2 Å². The van der Waals surface area contributed by atoms with Crippen molar-refractivity contribution in [2.24, 2.45) is 0 Å². The van der Waals surface area contributed by atoms with E-state index in [2.05, 4.69) is 20.7 Å². The zero-order valence-electron chi connectivity index (χ0n) is 10.0. The van der Waals surface area contributed by atoms with Crippen molar-refractivity contribution in [1.82, 2.24) is 25.5 Å². The average molecular weight is 237 g/mol. The van der Waals surface area contributed by atoms with Gasteiger partial charge in [0.25, 0.3) is 0 Å². The maximum Gasteiger partial charge on any atom is 0.178 e. The minimum atomic E-state index is 0.428. The van der Waals surface area contributed by atoms with Crippen LogP contribution in [0.15, 0.2) is 0 Å². The molecule has 2 aliphatic heterocycles. The van der Waals surface area contributed by atoms with Crippen molar-refractivity contribution in [2.45, 2.75) is 37.6 Å². The number of piperidine rings is 1. The van der Waals surface area contributed by atoms with E-state index in [1.54, 1.807) is 0 Å². The predicted octanol–water partition coefficient (Wildman–Crippen LogP) is 0.492. The Bertz CT molecular complexity index is 322. The van der Waals surface area contributed by atoms with Crippen molar-refractivity contribution in [3.8, 4) is 0 Å². The van der Waals surface area contributed by atoms with E-state index in [4.69, 9.17) is 4.74 Å². The van der Waals surface area contributed by atoms with Crippen LogP contribution < -0.4 is 5.32 Å². The summed E-state index contributed by atoms with van der Waals surface area (Å²) in [6.45, 7) is 3.76. The molecule has 17 heavy (non-hydrogen) atoms. The minimum absolute atomic E-state index is 0.428. The van der Waals surface area contributed by atoms with Gasteiger partial charge in [0.2, 0.25) is 0 Å². The predicted molar refractivity (Wildman–Crippen MR) is 61.8 cm³/mol. The average Bonchev–Trinajstić information content (AvgIpc) is 2.90. The first kappa shape index (κ1) is 11.1. The van der Waals surface area contributed by atoms with Crippen LogP contribution in [0.3, 0.4) is 0 Å². The lowest BCUT2D eigenvalue weighted by molar-refractivity contribution is 0.0834. The second-order valence-corrected chi connectivity index (χ2v) is 4.84. The summed E-state index contributed by atoms with van der Waals surface area (Å²) in [4.78, 5) is 1.83. The van der Waals surface area contributed by atoms with Crippen molar-refractivity contribution in [1.29, 1.82) is 0 Å². The number of ether oxygens (including phenoxy) is 1. The lowest BCUT2D eigenvalue weighted by Crippen LogP contribution is -2.30. The van der Waals surface area contributed by atoms with Gasteiger partial charge in [0.05, 0.1) is 6.04 Å². The first-order valence-corrected chi connectivity index (χ1v) is 6.51. The van der Waals surface area contributed by atoms with Crippen LogP contribution in [-0.4, -0.2) is 46.5 Å². The Hall–Kier alpha value is -1.01. The number of hydrogen-bond donors (Lipinski definition) is 1. The summed E-state index contributed by atoms with van der Waals surface area (Å²) >= 11 is 0. The topological polar surface area (TPSA) is 64.9 Å². The number of nitrogens with zero attached hydrogens (tertiary/aromatic N) is 4. The summed E-state index contributed by atoms with van der Waals surface area (Å²) in [5.74, 6) is 1.35. The van der Waals surface area contributed by atoms with Crippen molar-refractivity contribution < 1.29 is 4.74 Å². The van der Waals surface area contributed by atoms with Gasteiger partial charge in [-0.3, -0.25) is 0 Å². The molecule has 6 heteroatoms. The highest BCUT2D eigenvalue weighted by molar-refractivity contribution is 4.92. The standard InChI is InChI=1S/C11H19N5O/c1-5-12-6-2-10(1)16-14-11(13-15-16)9-3-7-17-8-4-9/h9-10,12H,1-8H2. The molecule has 1 N–H and O–H groups in total. The maximum atomic E-state index is 5.35. The van der Waals surface area contributed by atoms with E-state index in [0.29, 0.717) is 12.0 Å². The quantitative estimate of drug-likeness (QED) is 0.811. The van der Waals surface area contributed by atoms with E-state index in [0.717, 1.165) is 57.8 Å². The van der Waals surface area contributed by atoms with Crippen LogP contribution in [0.1, 0.15) is 43.5 Å². The van der Waals surface area contributed by atoms with Gasteiger partial charge in [0.1, 0.15) is 0 Å². The fraction of sp³-hybridized carbons (Fsp3) is 0.909. The smallest absolute Gasteiger partial charge is 0.178 e. The van der Waals surface area contributed by atoms with Gasteiger partial charge in [0.15, 0.2) is 5.82 Å². The Morgan fingerprint density at radius 3 is 2.65 bits per heavy atom. The Morgan fingerprint density at radius 2 is 1.88 bits per heavy atom. The van der Waals surface area contributed by atoms with E-state index in [1.165, 1.54) is 0 Å². The molecule has 1 aromatic rings. The van der Waals surface area contributed by atoms with Crippen molar-refractivity contribution in [2.75, 3.05) is 26.3 Å². The molecule has 6 nitrogen and oxygen atoms in total. The van der Waals surface area contributed by atoms with Crippen molar-refractivity contribution in [3.05, 3.63) is 5.82 Å². The van der Waals surface area contributed by atoms with Gasteiger partial charge in [-0.25, -0.2) is 0 Å².